The number of hydrogen-bond acceptors (Lipinski definition) is 3. The number of anilines is 2. The van der Waals surface area contributed by atoms with Crippen LogP contribution in [0.1, 0.15) is 21.5 Å². The van der Waals surface area contributed by atoms with Gasteiger partial charge in [0.2, 0.25) is 0 Å². The largest absolute Gasteiger partial charge is 0.317 e. The van der Waals surface area contributed by atoms with Crippen LogP contribution in [0, 0.1) is 18.6 Å². The highest BCUT2D eigenvalue weighted by Crippen LogP contribution is 2.31. The zero-order chi connectivity index (χ0) is 25.9. The molecule has 1 N–H and O–H groups in total. The third-order valence-electron chi connectivity index (χ3n) is 5.51. The number of rotatable bonds is 7. The fraction of sp³-hybridized carbons (Fsp3) is 0.0741. The van der Waals surface area contributed by atoms with E-state index in [1.807, 2.05) is 0 Å². The van der Waals surface area contributed by atoms with Crippen LogP contribution in [-0.2, 0) is 16.6 Å². The number of benzene rings is 4. The van der Waals surface area contributed by atoms with E-state index in [0.29, 0.717) is 21.8 Å². The topological polar surface area (TPSA) is 66.5 Å². The molecule has 0 bridgehead atoms. The van der Waals surface area contributed by atoms with Gasteiger partial charge in [0, 0.05) is 10.6 Å². The van der Waals surface area contributed by atoms with Gasteiger partial charge >= 0.3 is 0 Å². The van der Waals surface area contributed by atoms with Crippen molar-refractivity contribution >= 4 is 38.9 Å². The van der Waals surface area contributed by atoms with Gasteiger partial charge in [-0.05, 0) is 66.6 Å². The van der Waals surface area contributed by atoms with E-state index in [4.69, 9.17) is 11.6 Å². The van der Waals surface area contributed by atoms with Crippen LogP contribution in [0.15, 0.2) is 95.9 Å². The standard InChI is InChI=1S/C27H21ClF2N2O3S/c1-18-10-15-21(28)16-25(18)32(36(34,35)22-6-3-2-4-7-22)17-19-11-13-20(14-12-19)27(33)31-26-23(29)8-5-9-24(26)30/h2-16H,17H2,1H3,(H,31,33). The van der Waals surface area contributed by atoms with Crippen molar-refractivity contribution in [2.45, 2.75) is 18.4 Å². The number of sulfonamides is 1. The summed E-state index contributed by atoms with van der Waals surface area (Å²) in [5, 5.41) is 2.62. The average Bonchev–Trinajstić information content (AvgIpc) is 2.87. The summed E-state index contributed by atoms with van der Waals surface area (Å²) in [6.07, 6.45) is 0. The quantitative estimate of drug-likeness (QED) is 0.296. The SMILES string of the molecule is Cc1ccc(Cl)cc1N(Cc1ccc(C(=O)Nc2c(F)cccc2F)cc1)S(=O)(=O)c1ccccc1. The van der Waals surface area contributed by atoms with Crippen molar-refractivity contribution in [3.05, 3.63) is 124 Å². The minimum atomic E-state index is -3.96. The van der Waals surface area contributed by atoms with Crippen LogP contribution in [-0.4, -0.2) is 14.3 Å². The summed E-state index contributed by atoms with van der Waals surface area (Å²) in [5.41, 5.74) is 1.33. The van der Waals surface area contributed by atoms with E-state index in [1.54, 1.807) is 55.5 Å². The van der Waals surface area contributed by atoms with Crippen LogP contribution in [0.2, 0.25) is 5.02 Å². The highest BCUT2D eigenvalue weighted by atomic mass is 35.5. The molecule has 184 valence electrons. The lowest BCUT2D eigenvalue weighted by molar-refractivity contribution is 0.102. The number of nitrogens with zero attached hydrogens (tertiary/aromatic N) is 1. The Kier molecular flexibility index (Phi) is 7.37. The summed E-state index contributed by atoms with van der Waals surface area (Å²) in [6.45, 7) is 1.75. The Morgan fingerprint density at radius 1 is 0.889 bits per heavy atom. The molecule has 0 unspecified atom stereocenters. The fourth-order valence-electron chi connectivity index (χ4n) is 3.60. The highest BCUT2D eigenvalue weighted by molar-refractivity contribution is 7.92. The number of aryl methyl sites for hydroxylation is 1. The van der Waals surface area contributed by atoms with Gasteiger partial charge in [-0.25, -0.2) is 17.2 Å². The van der Waals surface area contributed by atoms with E-state index < -0.39 is 33.3 Å². The van der Waals surface area contributed by atoms with Crippen molar-refractivity contribution in [2.75, 3.05) is 9.62 Å². The predicted octanol–water partition coefficient (Wildman–Crippen LogP) is 6.57. The average molecular weight is 527 g/mol. The maximum atomic E-state index is 13.9. The number of halogens is 3. The Bertz CT molecular complexity index is 1490. The van der Waals surface area contributed by atoms with Crippen LogP contribution in [0.3, 0.4) is 0 Å². The minimum absolute atomic E-state index is 0.0394. The summed E-state index contributed by atoms with van der Waals surface area (Å²) in [4.78, 5) is 12.7. The molecule has 0 fully saturated rings. The summed E-state index contributed by atoms with van der Waals surface area (Å²) in [7, 11) is -3.96. The molecule has 0 saturated carbocycles. The number of carbonyl (C=O) groups is 1. The first-order valence-electron chi connectivity index (χ1n) is 10.8. The van der Waals surface area contributed by atoms with Crippen LogP contribution < -0.4 is 9.62 Å². The van der Waals surface area contributed by atoms with E-state index in [-0.39, 0.29) is 17.0 Å². The molecule has 0 heterocycles. The van der Waals surface area contributed by atoms with Crippen LogP contribution in [0.4, 0.5) is 20.2 Å². The molecule has 0 aromatic heterocycles. The minimum Gasteiger partial charge on any atom is -0.317 e. The second kappa shape index (κ2) is 10.5. The van der Waals surface area contributed by atoms with Gasteiger partial charge in [-0.2, -0.15) is 0 Å². The van der Waals surface area contributed by atoms with E-state index in [2.05, 4.69) is 5.32 Å². The molecule has 0 saturated heterocycles. The Labute approximate surface area is 213 Å². The molecule has 1 amide bonds. The first-order valence-corrected chi connectivity index (χ1v) is 12.7. The normalized spacial score (nSPS) is 11.2. The molecule has 4 aromatic carbocycles. The number of nitrogens with one attached hydrogen (secondary N) is 1. The predicted molar refractivity (Wildman–Crippen MR) is 137 cm³/mol. The molecule has 36 heavy (non-hydrogen) atoms. The van der Waals surface area contributed by atoms with Gasteiger partial charge in [-0.15, -0.1) is 0 Å². The van der Waals surface area contributed by atoms with E-state index in [1.165, 1.54) is 34.6 Å². The Morgan fingerprint density at radius 2 is 1.53 bits per heavy atom. The molecular weight excluding hydrogens is 506 g/mol. The number of carbonyl (C=O) groups excluding carboxylic acids is 1. The zero-order valence-corrected chi connectivity index (χ0v) is 20.7. The first kappa shape index (κ1) is 25.3. The van der Waals surface area contributed by atoms with E-state index in [0.717, 1.165) is 12.1 Å². The molecule has 0 atom stereocenters. The highest BCUT2D eigenvalue weighted by Gasteiger charge is 2.26. The molecule has 0 aliphatic carbocycles. The second-order valence-corrected chi connectivity index (χ2v) is 10.3. The lowest BCUT2D eigenvalue weighted by Crippen LogP contribution is -2.31. The Balaban J connectivity index is 1.64. The van der Waals surface area contributed by atoms with Gasteiger partial charge in [0.05, 0.1) is 17.1 Å². The van der Waals surface area contributed by atoms with Gasteiger partial charge < -0.3 is 5.32 Å². The first-order chi connectivity index (χ1) is 17.2. The number of para-hydroxylation sites is 1. The van der Waals surface area contributed by atoms with Crippen LogP contribution in [0.25, 0.3) is 0 Å². The summed E-state index contributed by atoms with van der Waals surface area (Å²) in [6, 6.07) is 22.4. The van der Waals surface area contributed by atoms with Crippen molar-refractivity contribution in [3.63, 3.8) is 0 Å². The van der Waals surface area contributed by atoms with Crippen molar-refractivity contribution < 1.29 is 22.0 Å². The smallest absolute Gasteiger partial charge is 0.264 e. The zero-order valence-electron chi connectivity index (χ0n) is 19.1. The lowest BCUT2D eigenvalue weighted by atomic mass is 10.1. The number of hydrogen-bond donors (Lipinski definition) is 1. The molecule has 4 aromatic rings. The Hall–Kier alpha value is -3.75. The molecule has 9 heteroatoms. The molecule has 0 spiro atoms. The van der Waals surface area contributed by atoms with Crippen molar-refractivity contribution in [3.8, 4) is 0 Å². The second-order valence-electron chi connectivity index (χ2n) is 8.00. The Morgan fingerprint density at radius 3 is 2.17 bits per heavy atom. The monoisotopic (exact) mass is 526 g/mol. The van der Waals surface area contributed by atoms with Gasteiger partial charge in [0.25, 0.3) is 15.9 Å². The van der Waals surface area contributed by atoms with Crippen LogP contribution in [0.5, 0.6) is 0 Å². The maximum absolute atomic E-state index is 13.9. The van der Waals surface area contributed by atoms with Gasteiger partial charge in [0.1, 0.15) is 17.3 Å². The molecular formula is C27H21ClF2N2O3S. The summed E-state index contributed by atoms with van der Waals surface area (Å²) < 4.78 is 56.2. The van der Waals surface area contributed by atoms with E-state index in [9.17, 15) is 22.0 Å². The summed E-state index contributed by atoms with van der Waals surface area (Å²) in [5.74, 6) is -2.48. The molecule has 0 aliphatic rings. The van der Waals surface area contributed by atoms with Crippen molar-refractivity contribution in [2.24, 2.45) is 0 Å². The van der Waals surface area contributed by atoms with Crippen LogP contribution >= 0.6 is 11.6 Å². The molecule has 5 nitrogen and oxygen atoms in total. The fourth-order valence-corrected chi connectivity index (χ4v) is 5.30. The number of amides is 1. The van der Waals surface area contributed by atoms with Crippen molar-refractivity contribution in [1.29, 1.82) is 0 Å². The molecule has 0 aliphatic heterocycles. The third-order valence-corrected chi connectivity index (χ3v) is 7.52. The summed E-state index contributed by atoms with van der Waals surface area (Å²) >= 11 is 6.19. The van der Waals surface area contributed by atoms with Gasteiger partial charge in [0.15, 0.2) is 0 Å². The van der Waals surface area contributed by atoms with Gasteiger partial charge in [-0.3, -0.25) is 9.10 Å². The van der Waals surface area contributed by atoms with E-state index >= 15 is 0 Å². The van der Waals surface area contributed by atoms with Gasteiger partial charge in [-0.1, -0.05) is 54.1 Å². The molecule has 4 rings (SSSR count). The third kappa shape index (κ3) is 5.40. The maximum Gasteiger partial charge on any atom is 0.264 e. The molecule has 0 radical (unpaired) electrons. The van der Waals surface area contributed by atoms with Crippen molar-refractivity contribution in [1.82, 2.24) is 0 Å². The lowest BCUT2D eigenvalue weighted by Gasteiger charge is -2.26.